The smallest absolute Gasteiger partial charge is 0.122 e. The standard InChI is InChI=1S/C14H24N2OS/c1-10-5-6-12(17-10)13-16-11(9-18-13)7-8-15-14(2,3)4/h9-10,12,15H,5-8H2,1-4H3. The van der Waals surface area contributed by atoms with Gasteiger partial charge in [0.1, 0.15) is 11.1 Å². The Bertz CT molecular complexity index is 383. The summed E-state index contributed by atoms with van der Waals surface area (Å²) in [6.45, 7) is 9.68. The highest BCUT2D eigenvalue weighted by atomic mass is 32.1. The number of hydrogen-bond donors (Lipinski definition) is 1. The van der Waals surface area contributed by atoms with Crippen LogP contribution >= 0.6 is 11.3 Å². The lowest BCUT2D eigenvalue weighted by atomic mass is 10.1. The summed E-state index contributed by atoms with van der Waals surface area (Å²) in [6, 6.07) is 0. The van der Waals surface area contributed by atoms with Crippen molar-refractivity contribution in [1.82, 2.24) is 10.3 Å². The van der Waals surface area contributed by atoms with E-state index >= 15 is 0 Å². The lowest BCUT2D eigenvalue weighted by Gasteiger charge is -2.19. The molecule has 2 rings (SSSR count). The fourth-order valence-corrected chi connectivity index (χ4v) is 3.06. The molecule has 0 aromatic carbocycles. The van der Waals surface area contributed by atoms with Gasteiger partial charge in [0.2, 0.25) is 0 Å². The lowest BCUT2D eigenvalue weighted by molar-refractivity contribution is 0.0553. The second kappa shape index (κ2) is 5.68. The van der Waals surface area contributed by atoms with Gasteiger partial charge in [0, 0.05) is 23.9 Å². The normalized spacial score (nSPS) is 24.7. The van der Waals surface area contributed by atoms with Crippen LogP contribution in [-0.4, -0.2) is 23.2 Å². The van der Waals surface area contributed by atoms with Crippen LogP contribution in [0.3, 0.4) is 0 Å². The van der Waals surface area contributed by atoms with Crippen LogP contribution in [0.1, 0.15) is 57.3 Å². The lowest BCUT2D eigenvalue weighted by Crippen LogP contribution is -2.37. The third-order valence-corrected chi connectivity index (χ3v) is 4.10. The van der Waals surface area contributed by atoms with E-state index in [2.05, 4.69) is 38.4 Å². The first-order valence-corrected chi connectivity index (χ1v) is 7.67. The third kappa shape index (κ3) is 4.04. The maximum Gasteiger partial charge on any atom is 0.122 e. The minimum atomic E-state index is 0.183. The summed E-state index contributed by atoms with van der Waals surface area (Å²) >= 11 is 1.74. The van der Waals surface area contributed by atoms with Gasteiger partial charge in [-0.2, -0.15) is 0 Å². The van der Waals surface area contributed by atoms with Crippen LogP contribution in [-0.2, 0) is 11.2 Å². The number of thiazole rings is 1. The van der Waals surface area contributed by atoms with Gasteiger partial charge in [0.05, 0.1) is 11.8 Å². The zero-order valence-corrected chi connectivity index (χ0v) is 12.6. The van der Waals surface area contributed by atoms with Crippen LogP contribution < -0.4 is 5.32 Å². The SMILES string of the molecule is CC1CCC(c2nc(CCNC(C)(C)C)cs2)O1. The van der Waals surface area contributed by atoms with Crippen LogP contribution in [0, 0.1) is 0 Å². The van der Waals surface area contributed by atoms with Gasteiger partial charge in [-0.05, 0) is 40.5 Å². The summed E-state index contributed by atoms with van der Waals surface area (Å²) in [4.78, 5) is 4.70. The molecule has 3 nitrogen and oxygen atoms in total. The van der Waals surface area contributed by atoms with E-state index in [1.807, 2.05) is 0 Å². The van der Waals surface area contributed by atoms with Gasteiger partial charge in [-0.15, -0.1) is 11.3 Å². The van der Waals surface area contributed by atoms with Gasteiger partial charge in [-0.25, -0.2) is 4.98 Å². The molecule has 1 aliphatic heterocycles. The first-order chi connectivity index (χ1) is 8.44. The van der Waals surface area contributed by atoms with Crippen LogP contribution in [0.4, 0.5) is 0 Å². The molecule has 1 aromatic heterocycles. The number of rotatable bonds is 4. The Kier molecular flexibility index (Phi) is 4.41. The quantitative estimate of drug-likeness (QED) is 0.909. The molecule has 1 saturated heterocycles. The fourth-order valence-electron chi connectivity index (χ4n) is 2.14. The van der Waals surface area contributed by atoms with Crippen molar-refractivity contribution in [1.29, 1.82) is 0 Å². The maximum atomic E-state index is 5.85. The molecule has 0 amide bonds. The molecular weight excluding hydrogens is 244 g/mol. The van der Waals surface area contributed by atoms with E-state index in [0.717, 1.165) is 30.8 Å². The summed E-state index contributed by atoms with van der Waals surface area (Å²) in [5, 5.41) is 6.82. The van der Waals surface area contributed by atoms with Crippen LogP contribution in [0.25, 0.3) is 0 Å². The molecule has 1 aliphatic rings. The van der Waals surface area contributed by atoms with E-state index in [-0.39, 0.29) is 11.6 Å². The molecule has 1 aromatic rings. The summed E-state index contributed by atoms with van der Waals surface area (Å²) < 4.78 is 5.85. The highest BCUT2D eigenvalue weighted by molar-refractivity contribution is 7.09. The fraction of sp³-hybridized carbons (Fsp3) is 0.786. The molecule has 0 aliphatic carbocycles. The second-order valence-electron chi connectivity index (χ2n) is 6.12. The summed E-state index contributed by atoms with van der Waals surface area (Å²) in [5.74, 6) is 0. The van der Waals surface area contributed by atoms with E-state index in [1.165, 1.54) is 5.69 Å². The number of aromatic nitrogens is 1. The van der Waals surface area contributed by atoms with Crippen molar-refractivity contribution in [2.75, 3.05) is 6.54 Å². The number of nitrogens with one attached hydrogen (secondary N) is 1. The first-order valence-electron chi connectivity index (χ1n) is 6.79. The number of hydrogen-bond acceptors (Lipinski definition) is 4. The van der Waals surface area contributed by atoms with Gasteiger partial charge in [0.25, 0.3) is 0 Å². The van der Waals surface area contributed by atoms with Crippen LogP contribution in [0.15, 0.2) is 5.38 Å². The zero-order valence-electron chi connectivity index (χ0n) is 11.8. The Morgan fingerprint density at radius 3 is 2.83 bits per heavy atom. The van der Waals surface area contributed by atoms with Gasteiger partial charge < -0.3 is 10.1 Å². The molecule has 0 saturated carbocycles. The highest BCUT2D eigenvalue weighted by Crippen LogP contribution is 2.34. The molecule has 2 atom stereocenters. The van der Waals surface area contributed by atoms with Crippen molar-refractivity contribution >= 4 is 11.3 Å². The van der Waals surface area contributed by atoms with E-state index in [4.69, 9.17) is 9.72 Å². The zero-order chi connectivity index (χ0) is 13.2. The molecule has 2 heterocycles. The molecule has 2 unspecified atom stereocenters. The molecule has 4 heteroatoms. The summed E-state index contributed by atoms with van der Waals surface area (Å²) in [5.41, 5.74) is 1.37. The summed E-state index contributed by atoms with van der Waals surface area (Å²) in [7, 11) is 0. The first kappa shape index (κ1) is 14.0. The van der Waals surface area contributed by atoms with Crippen LogP contribution in [0.2, 0.25) is 0 Å². The Hall–Kier alpha value is -0.450. The minimum Gasteiger partial charge on any atom is -0.368 e. The van der Waals surface area contributed by atoms with Crippen molar-refractivity contribution in [3.8, 4) is 0 Å². The largest absolute Gasteiger partial charge is 0.368 e. The van der Waals surface area contributed by atoms with Crippen molar-refractivity contribution in [3.63, 3.8) is 0 Å². The van der Waals surface area contributed by atoms with Crippen molar-refractivity contribution in [3.05, 3.63) is 16.1 Å². The van der Waals surface area contributed by atoms with E-state index in [9.17, 15) is 0 Å². The van der Waals surface area contributed by atoms with Crippen molar-refractivity contribution < 1.29 is 4.74 Å². The molecule has 1 fully saturated rings. The average Bonchev–Trinajstić information content (AvgIpc) is 2.85. The topological polar surface area (TPSA) is 34.2 Å². The van der Waals surface area contributed by atoms with E-state index in [0.29, 0.717) is 6.10 Å². The van der Waals surface area contributed by atoms with Crippen LogP contribution in [0.5, 0.6) is 0 Å². The van der Waals surface area contributed by atoms with Gasteiger partial charge in [-0.3, -0.25) is 0 Å². The highest BCUT2D eigenvalue weighted by Gasteiger charge is 2.25. The van der Waals surface area contributed by atoms with E-state index in [1.54, 1.807) is 11.3 Å². The minimum absolute atomic E-state index is 0.183. The Morgan fingerprint density at radius 2 is 2.22 bits per heavy atom. The molecule has 0 spiro atoms. The Morgan fingerprint density at radius 1 is 1.44 bits per heavy atom. The Labute approximate surface area is 114 Å². The average molecular weight is 268 g/mol. The van der Waals surface area contributed by atoms with Gasteiger partial charge in [-0.1, -0.05) is 0 Å². The molecule has 0 bridgehead atoms. The Balaban J connectivity index is 1.83. The predicted molar refractivity (Wildman–Crippen MR) is 76.1 cm³/mol. The molecular formula is C14H24N2OS. The molecule has 102 valence electrons. The number of ether oxygens (including phenoxy) is 1. The van der Waals surface area contributed by atoms with Gasteiger partial charge in [0.15, 0.2) is 0 Å². The van der Waals surface area contributed by atoms with Crippen molar-refractivity contribution in [2.24, 2.45) is 0 Å². The third-order valence-electron chi connectivity index (χ3n) is 3.11. The molecule has 18 heavy (non-hydrogen) atoms. The number of nitrogens with zero attached hydrogens (tertiary/aromatic N) is 1. The monoisotopic (exact) mass is 268 g/mol. The van der Waals surface area contributed by atoms with Crippen molar-refractivity contribution in [2.45, 2.75) is 64.7 Å². The summed E-state index contributed by atoms with van der Waals surface area (Å²) in [6.07, 6.45) is 3.91. The predicted octanol–water partition coefficient (Wildman–Crippen LogP) is 3.31. The molecule has 0 radical (unpaired) electrons. The maximum absolute atomic E-state index is 5.85. The van der Waals surface area contributed by atoms with Gasteiger partial charge >= 0.3 is 0 Å². The van der Waals surface area contributed by atoms with E-state index < -0.39 is 0 Å². The molecule has 1 N–H and O–H groups in total. The second-order valence-corrected chi connectivity index (χ2v) is 7.01.